The van der Waals surface area contributed by atoms with Crippen molar-refractivity contribution < 1.29 is 0 Å². The maximum atomic E-state index is 6.41. The Bertz CT molecular complexity index is 884. The number of halogens is 2. The summed E-state index contributed by atoms with van der Waals surface area (Å²) in [6, 6.07) is 14.3. The van der Waals surface area contributed by atoms with Crippen LogP contribution in [0, 0.1) is 0 Å². The number of aliphatic imine (C=N–C) groups is 1. The molecule has 0 saturated carbocycles. The fourth-order valence-electron chi connectivity index (χ4n) is 2.64. The molecule has 0 spiro atoms. The first-order valence-electron chi connectivity index (χ1n) is 6.85. The molecular weight excluding hydrogens is 362 g/mol. The SMILES string of the molecule is ClC1=Nc2cnc(Br)cc2Cn2cc(-c3ccccc3)cc21. The van der Waals surface area contributed by atoms with Crippen LogP contribution in [0.3, 0.4) is 0 Å². The topological polar surface area (TPSA) is 30.2 Å². The molecule has 22 heavy (non-hydrogen) atoms. The van der Waals surface area contributed by atoms with Crippen LogP contribution in [0.5, 0.6) is 0 Å². The molecule has 0 unspecified atom stereocenters. The summed E-state index contributed by atoms with van der Waals surface area (Å²) >= 11 is 9.82. The zero-order valence-corrected chi connectivity index (χ0v) is 13.8. The van der Waals surface area contributed by atoms with Crippen molar-refractivity contribution >= 4 is 38.4 Å². The van der Waals surface area contributed by atoms with E-state index in [1.54, 1.807) is 6.20 Å². The highest BCUT2D eigenvalue weighted by atomic mass is 79.9. The first-order valence-corrected chi connectivity index (χ1v) is 8.02. The fourth-order valence-corrected chi connectivity index (χ4v) is 3.27. The van der Waals surface area contributed by atoms with Gasteiger partial charge >= 0.3 is 0 Å². The number of benzene rings is 1. The van der Waals surface area contributed by atoms with Gasteiger partial charge in [0.1, 0.15) is 4.60 Å². The van der Waals surface area contributed by atoms with Crippen LogP contribution in [0.1, 0.15) is 11.3 Å². The van der Waals surface area contributed by atoms with Crippen molar-refractivity contribution in [2.45, 2.75) is 6.54 Å². The summed E-state index contributed by atoms with van der Waals surface area (Å²) in [6.45, 7) is 0.721. The summed E-state index contributed by atoms with van der Waals surface area (Å²) in [5, 5.41) is 0.491. The third-order valence-corrected chi connectivity index (χ3v) is 4.42. The normalized spacial score (nSPS) is 13.1. The number of fused-ring (bicyclic) bond motifs is 2. The van der Waals surface area contributed by atoms with Crippen molar-refractivity contribution in [1.82, 2.24) is 9.55 Å². The van der Waals surface area contributed by atoms with Crippen molar-refractivity contribution in [3.63, 3.8) is 0 Å². The molecule has 0 saturated heterocycles. The number of hydrogen-bond acceptors (Lipinski definition) is 2. The van der Waals surface area contributed by atoms with Gasteiger partial charge in [-0.25, -0.2) is 9.98 Å². The predicted octanol–water partition coefficient (Wildman–Crippen LogP) is 4.99. The Hall–Kier alpha value is -1.91. The highest BCUT2D eigenvalue weighted by Gasteiger charge is 2.17. The number of aromatic nitrogens is 2. The smallest absolute Gasteiger partial charge is 0.153 e. The largest absolute Gasteiger partial charge is 0.340 e. The molecule has 108 valence electrons. The van der Waals surface area contributed by atoms with Gasteiger partial charge in [0.2, 0.25) is 0 Å². The Balaban J connectivity index is 1.85. The first kappa shape index (κ1) is 13.7. The highest BCUT2D eigenvalue weighted by molar-refractivity contribution is 9.10. The van der Waals surface area contributed by atoms with Gasteiger partial charge in [0.15, 0.2) is 5.17 Å². The average molecular weight is 373 g/mol. The van der Waals surface area contributed by atoms with Gasteiger partial charge in [-0.15, -0.1) is 0 Å². The van der Waals surface area contributed by atoms with Crippen LogP contribution >= 0.6 is 27.5 Å². The second-order valence-electron chi connectivity index (χ2n) is 5.15. The molecule has 3 heterocycles. The lowest BCUT2D eigenvalue weighted by molar-refractivity contribution is 0.803. The Morgan fingerprint density at radius 1 is 1.09 bits per heavy atom. The zero-order valence-electron chi connectivity index (χ0n) is 11.5. The molecule has 3 nitrogen and oxygen atoms in total. The van der Waals surface area contributed by atoms with E-state index < -0.39 is 0 Å². The van der Waals surface area contributed by atoms with Crippen molar-refractivity contribution in [3.05, 3.63) is 70.7 Å². The van der Waals surface area contributed by atoms with Crippen molar-refractivity contribution in [2.75, 3.05) is 0 Å². The van der Waals surface area contributed by atoms with Crippen molar-refractivity contribution in [3.8, 4) is 11.1 Å². The van der Waals surface area contributed by atoms with Crippen LogP contribution < -0.4 is 0 Å². The lowest BCUT2D eigenvalue weighted by atomic mass is 10.1. The zero-order chi connectivity index (χ0) is 15.1. The fraction of sp³-hybridized carbons (Fsp3) is 0.0588. The van der Waals surface area contributed by atoms with E-state index >= 15 is 0 Å². The Morgan fingerprint density at radius 3 is 2.73 bits per heavy atom. The maximum absolute atomic E-state index is 6.41. The molecule has 0 N–H and O–H groups in total. The van der Waals surface area contributed by atoms with Crippen LogP contribution in [-0.2, 0) is 6.54 Å². The third-order valence-electron chi connectivity index (χ3n) is 3.71. The van der Waals surface area contributed by atoms with E-state index in [0.717, 1.165) is 33.7 Å². The van der Waals surface area contributed by atoms with Gasteiger partial charge in [0.25, 0.3) is 0 Å². The number of rotatable bonds is 1. The minimum atomic E-state index is 0.491. The summed E-state index contributed by atoms with van der Waals surface area (Å²) < 4.78 is 2.93. The minimum Gasteiger partial charge on any atom is -0.340 e. The number of hydrogen-bond donors (Lipinski definition) is 0. The molecule has 0 radical (unpaired) electrons. The summed E-state index contributed by atoms with van der Waals surface area (Å²) in [6.07, 6.45) is 3.86. The van der Waals surface area contributed by atoms with Crippen molar-refractivity contribution in [2.24, 2.45) is 4.99 Å². The second-order valence-corrected chi connectivity index (χ2v) is 6.32. The molecule has 3 aromatic rings. The van der Waals surface area contributed by atoms with Crippen LogP contribution in [0.4, 0.5) is 5.69 Å². The first-order chi connectivity index (χ1) is 10.7. The molecule has 0 bridgehead atoms. The van der Waals surface area contributed by atoms with Crippen molar-refractivity contribution in [1.29, 1.82) is 0 Å². The average Bonchev–Trinajstić information content (AvgIpc) is 2.90. The standard InChI is InChI=1S/C17H11BrClN3/c18-16-7-13-10-22-9-12(11-4-2-1-3-5-11)6-15(22)17(19)21-14(13)8-20-16/h1-9H,10H2. The lowest BCUT2D eigenvalue weighted by Crippen LogP contribution is -2.03. The van der Waals surface area contributed by atoms with Crippen LogP contribution in [0.15, 0.2) is 64.5 Å². The lowest BCUT2D eigenvalue weighted by Gasteiger charge is -2.06. The Labute approximate surface area is 141 Å². The molecule has 5 heteroatoms. The van der Waals surface area contributed by atoms with Gasteiger partial charge in [-0.2, -0.15) is 0 Å². The Kier molecular flexibility index (Phi) is 3.36. The van der Waals surface area contributed by atoms with E-state index in [9.17, 15) is 0 Å². The van der Waals surface area contributed by atoms with Gasteiger partial charge in [0.05, 0.1) is 17.6 Å². The van der Waals surface area contributed by atoms with Crippen LogP contribution in [0.25, 0.3) is 11.1 Å². The van der Waals surface area contributed by atoms with Crippen LogP contribution in [-0.4, -0.2) is 14.7 Å². The summed E-state index contributed by atoms with van der Waals surface area (Å²) in [7, 11) is 0. The van der Waals surface area contributed by atoms with Gasteiger partial charge in [-0.3, -0.25) is 0 Å². The van der Waals surface area contributed by atoms with E-state index in [0.29, 0.717) is 5.17 Å². The quantitative estimate of drug-likeness (QED) is 0.553. The minimum absolute atomic E-state index is 0.491. The monoisotopic (exact) mass is 371 g/mol. The summed E-state index contributed by atoms with van der Waals surface area (Å²) in [5.74, 6) is 0. The molecule has 0 atom stereocenters. The number of nitrogens with zero attached hydrogens (tertiary/aromatic N) is 3. The van der Waals surface area contributed by atoms with E-state index in [2.05, 4.69) is 54.9 Å². The van der Waals surface area contributed by atoms with E-state index in [1.165, 1.54) is 5.56 Å². The molecule has 0 fully saturated rings. The van der Waals surface area contributed by atoms with E-state index in [-0.39, 0.29) is 0 Å². The molecule has 1 aliphatic heterocycles. The number of pyridine rings is 1. The molecule has 2 aromatic heterocycles. The van der Waals surface area contributed by atoms with E-state index in [4.69, 9.17) is 11.6 Å². The summed E-state index contributed by atoms with van der Waals surface area (Å²) in [5.41, 5.74) is 5.14. The second kappa shape index (κ2) is 5.38. The molecule has 1 aliphatic rings. The molecule has 0 aliphatic carbocycles. The van der Waals surface area contributed by atoms with Gasteiger partial charge in [0, 0.05) is 23.9 Å². The van der Waals surface area contributed by atoms with Crippen LogP contribution in [0.2, 0.25) is 0 Å². The molecule has 1 aromatic carbocycles. The summed E-state index contributed by atoms with van der Waals surface area (Å²) in [4.78, 5) is 8.73. The van der Waals surface area contributed by atoms with Gasteiger partial charge in [-0.05, 0) is 33.6 Å². The Morgan fingerprint density at radius 2 is 1.91 bits per heavy atom. The molecular formula is C17H11BrClN3. The van der Waals surface area contributed by atoms with Gasteiger partial charge in [-0.1, -0.05) is 41.9 Å². The van der Waals surface area contributed by atoms with Gasteiger partial charge < -0.3 is 4.57 Å². The van der Waals surface area contributed by atoms with E-state index in [1.807, 2.05) is 24.3 Å². The molecule has 0 amide bonds. The predicted molar refractivity (Wildman–Crippen MR) is 93.0 cm³/mol. The third kappa shape index (κ3) is 2.38. The highest BCUT2D eigenvalue weighted by Crippen LogP contribution is 2.31. The maximum Gasteiger partial charge on any atom is 0.153 e. The molecule has 4 rings (SSSR count).